The quantitative estimate of drug-likeness (QED) is 0.472. The predicted molar refractivity (Wildman–Crippen MR) is 121 cm³/mol. The van der Waals surface area contributed by atoms with Gasteiger partial charge in [0.1, 0.15) is 0 Å². The summed E-state index contributed by atoms with van der Waals surface area (Å²) >= 11 is 0. The fourth-order valence-electron chi connectivity index (χ4n) is 3.50. The van der Waals surface area contributed by atoms with E-state index in [1.807, 2.05) is 31.2 Å². The number of carbonyl (C=O) groups excluding carboxylic acids is 1. The highest BCUT2D eigenvalue weighted by Gasteiger charge is 2.27. The number of piperidine rings is 1. The van der Waals surface area contributed by atoms with Crippen LogP contribution in [0.5, 0.6) is 0 Å². The van der Waals surface area contributed by atoms with Crippen molar-refractivity contribution >= 4 is 21.9 Å². The number of aliphatic imine (C=N–C) groups is 1. The first-order valence-corrected chi connectivity index (χ1v) is 12.1. The Bertz CT molecular complexity index is 831. The molecule has 2 rings (SSSR count). The van der Waals surface area contributed by atoms with Crippen LogP contribution in [0, 0.1) is 0 Å². The van der Waals surface area contributed by atoms with E-state index in [0.29, 0.717) is 37.6 Å². The first kappa shape index (κ1) is 24.1. The highest BCUT2D eigenvalue weighted by molar-refractivity contribution is 7.89. The molecule has 0 spiro atoms. The van der Waals surface area contributed by atoms with Crippen LogP contribution in [-0.4, -0.2) is 82.1 Å². The summed E-state index contributed by atoms with van der Waals surface area (Å²) in [4.78, 5) is 18.0. The van der Waals surface area contributed by atoms with Crippen LogP contribution in [0.2, 0.25) is 0 Å². The second-order valence-electron chi connectivity index (χ2n) is 7.78. The summed E-state index contributed by atoms with van der Waals surface area (Å²) in [5, 5.41) is 6.71. The van der Waals surface area contributed by atoms with Crippen molar-refractivity contribution in [3.05, 3.63) is 35.4 Å². The zero-order valence-corrected chi connectivity index (χ0v) is 19.3. The molecular weight excluding hydrogens is 402 g/mol. The average molecular weight is 438 g/mol. The molecule has 8 nitrogen and oxygen atoms in total. The molecule has 1 amide bonds. The molecule has 0 atom stereocenters. The minimum Gasteiger partial charge on any atom is -0.356 e. The van der Waals surface area contributed by atoms with Crippen molar-refractivity contribution in [1.29, 1.82) is 0 Å². The van der Waals surface area contributed by atoms with E-state index in [-0.39, 0.29) is 17.7 Å². The number of sulfonamides is 1. The van der Waals surface area contributed by atoms with Gasteiger partial charge in [0.25, 0.3) is 5.91 Å². The standard InChI is InChI=1S/C21H35N5O3S/c1-5-15-30(28,29)26-13-10-19(11-14-26)24-21(22-2)23-12-9-17-7-6-8-18(16-17)20(27)25(3)4/h6-8,16,19H,5,9-15H2,1-4H3,(H2,22,23,24). The molecule has 0 bridgehead atoms. The zero-order chi connectivity index (χ0) is 22.1. The molecule has 1 fully saturated rings. The van der Waals surface area contributed by atoms with E-state index in [1.54, 1.807) is 30.3 Å². The Balaban J connectivity index is 1.80. The van der Waals surface area contributed by atoms with Gasteiger partial charge in [-0.2, -0.15) is 0 Å². The molecule has 1 aliphatic rings. The minimum absolute atomic E-state index is 0.00502. The Labute approximate surface area is 180 Å². The number of nitrogens with zero attached hydrogens (tertiary/aromatic N) is 3. The van der Waals surface area contributed by atoms with Crippen molar-refractivity contribution in [1.82, 2.24) is 19.8 Å². The first-order chi connectivity index (χ1) is 14.3. The van der Waals surface area contributed by atoms with Crippen molar-refractivity contribution in [3.63, 3.8) is 0 Å². The number of hydrogen-bond donors (Lipinski definition) is 2. The van der Waals surface area contributed by atoms with E-state index in [9.17, 15) is 13.2 Å². The largest absolute Gasteiger partial charge is 0.356 e. The third-order valence-electron chi connectivity index (χ3n) is 5.16. The number of nitrogens with one attached hydrogen (secondary N) is 2. The van der Waals surface area contributed by atoms with Gasteiger partial charge in [-0.3, -0.25) is 9.79 Å². The van der Waals surface area contributed by atoms with Gasteiger partial charge in [-0.1, -0.05) is 19.1 Å². The number of guanidine groups is 1. The maximum atomic E-state index is 12.2. The van der Waals surface area contributed by atoms with Crippen molar-refractivity contribution in [2.75, 3.05) is 46.5 Å². The summed E-state index contributed by atoms with van der Waals surface area (Å²) in [7, 11) is 2.10. The van der Waals surface area contributed by atoms with Gasteiger partial charge in [0.05, 0.1) is 5.75 Å². The predicted octanol–water partition coefficient (Wildman–Crippen LogP) is 1.30. The van der Waals surface area contributed by atoms with Crippen molar-refractivity contribution in [2.24, 2.45) is 4.99 Å². The topological polar surface area (TPSA) is 94.1 Å². The average Bonchev–Trinajstić information content (AvgIpc) is 2.73. The molecule has 1 aromatic carbocycles. The molecule has 0 aliphatic carbocycles. The normalized spacial score (nSPS) is 16.3. The molecule has 30 heavy (non-hydrogen) atoms. The smallest absolute Gasteiger partial charge is 0.253 e. The lowest BCUT2D eigenvalue weighted by molar-refractivity contribution is 0.0827. The molecule has 0 radical (unpaired) electrons. The van der Waals surface area contributed by atoms with Crippen LogP contribution in [0.15, 0.2) is 29.3 Å². The molecule has 1 heterocycles. The third kappa shape index (κ3) is 6.98. The van der Waals surface area contributed by atoms with Crippen LogP contribution in [0.4, 0.5) is 0 Å². The Morgan fingerprint density at radius 3 is 2.57 bits per heavy atom. The summed E-state index contributed by atoms with van der Waals surface area (Å²) in [6.07, 6.45) is 2.93. The Morgan fingerprint density at radius 1 is 1.27 bits per heavy atom. The van der Waals surface area contributed by atoms with Crippen molar-refractivity contribution in [2.45, 2.75) is 38.6 Å². The van der Waals surface area contributed by atoms with E-state index in [1.165, 1.54) is 0 Å². The summed E-state index contributed by atoms with van der Waals surface area (Å²) < 4.78 is 26.0. The van der Waals surface area contributed by atoms with Crippen LogP contribution in [-0.2, 0) is 16.4 Å². The highest BCUT2D eigenvalue weighted by Crippen LogP contribution is 2.15. The second-order valence-corrected chi connectivity index (χ2v) is 9.87. The van der Waals surface area contributed by atoms with Gasteiger partial charge in [-0.25, -0.2) is 12.7 Å². The lowest BCUT2D eigenvalue weighted by Gasteiger charge is -2.32. The van der Waals surface area contributed by atoms with Crippen LogP contribution >= 0.6 is 0 Å². The zero-order valence-electron chi connectivity index (χ0n) is 18.5. The van der Waals surface area contributed by atoms with Crippen molar-refractivity contribution in [3.8, 4) is 0 Å². The lowest BCUT2D eigenvalue weighted by Crippen LogP contribution is -2.50. The summed E-state index contributed by atoms with van der Waals surface area (Å²) in [6, 6.07) is 7.86. The fraction of sp³-hybridized carbons (Fsp3) is 0.619. The summed E-state index contributed by atoms with van der Waals surface area (Å²) in [5.74, 6) is 0.926. The minimum atomic E-state index is -3.12. The number of benzene rings is 1. The van der Waals surface area contributed by atoms with Gasteiger partial charge in [0, 0.05) is 52.4 Å². The SMILES string of the molecule is CCCS(=O)(=O)N1CCC(NC(=NC)NCCc2cccc(C(=O)N(C)C)c2)CC1. The molecule has 1 aliphatic heterocycles. The van der Waals surface area contributed by atoms with Gasteiger partial charge in [-0.15, -0.1) is 0 Å². The van der Waals surface area contributed by atoms with Crippen LogP contribution in [0.25, 0.3) is 0 Å². The summed E-state index contributed by atoms with van der Waals surface area (Å²) in [6.45, 7) is 3.66. The number of hydrogen-bond acceptors (Lipinski definition) is 4. The van der Waals surface area contributed by atoms with E-state index >= 15 is 0 Å². The molecule has 0 saturated carbocycles. The lowest BCUT2D eigenvalue weighted by atomic mass is 10.1. The fourth-order valence-corrected chi connectivity index (χ4v) is 5.04. The van der Waals surface area contributed by atoms with E-state index in [0.717, 1.165) is 24.8 Å². The van der Waals surface area contributed by atoms with Gasteiger partial charge in [0.2, 0.25) is 10.0 Å². The van der Waals surface area contributed by atoms with Crippen molar-refractivity contribution < 1.29 is 13.2 Å². The van der Waals surface area contributed by atoms with Gasteiger partial charge < -0.3 is 15.5 Å². The first-order valence-electron chi connectivity index (χ1n) is 10.5. The molecule has 0 unspecified atom stereocenters. The van der Waals surface area contributed by atoms with E-state index in [4.69, 9.17) is 0 Å². The van der Waals surface area contributed by atoms with Gasteiger partial charge in [-0.05, 0) is 43.4 Å². The second kappa shape index (κ2) is 11.3. The Hall–Kier alpha value is -2.13. The van der Waals surface area contributed by atoms with Crippen LogP contribution in [0.3, 0.4) is 0 Å². The molecular formula is C21H35N5O3S. The van der Waals surface area contributed by atoms with E-state index < -0.39 is 10.0 Å². The molecule has 0 aromatic heterocycles. The molecule has 2 N–H and O–H groups in total. The molecule has 1 saturated heterocycles. The van der Waals surface area contributed by atoms with Crippen LogP contribution < -0.4 is 10.6 Å². The third-order valence-corrected chi connectivity index (χ3v) is 7.24. The molecule has 9 heteroatoms. The van der Waals surface area contributed by atoms with Crippen LogP contribution in [0.1, 0.15) is 42.1 Å². The van der Waals surface area contributed by atoms with E-state index in [2.05, 4.69) is 15.6 Å². The molecule has 168 valence electrons. The Kier molecular flexibility index (Phi) is 9.10. The van der Waals surface area contributed by atoms with Gasteiger partial charge >= 0.3 is 0 Å². The number of amides is 1. The Morgan fingerprint density at radius 2 is 1.97 bits per heavy atom. The van der Waals surface area contributed by atoms with Gasteiger partial charge in [0.15, 0.2) is 5.96 Å². The summed E-state index contributed by atoms with van der Waals surface area (Å²) in [5.41, 5.74) is 1.77. The maximum absolute atomic E-state index is 12.2. The molecule has 1 aromatic rings. The highest BCUT2D eigenvalue weighted by atomic mass is 32.2. The maximum Gasteiger partial charge on any atom is 0.253 e. The number of carbonyl (C=O) groups is 1. The monoisotopic (exact) mass is 437 g/mol. The number of rotatable bonds is 8.